The molecule has 1 aliphatic carbocycles. The molecular formula is C8H18ClNO. The Labute approximate surface area is 75.2 Å². The van der Waals surface area contributed by atoms with E-state index in [9.17, 15) is 0 Å². The number of likely N-dealkylation sites (N-methyl/N-ethyl adjacent to an activating group) is 1. The summed E-state index contributed by atoms with van der Waals surface area (Å²) in [5, 5.41) is 8.72. The summed E-state index contributed by atoms with van der Waals surface area (Å²) in [5.41, 5.74) is 0. The fourth-order valence-electron chi connectivity index (χ4n) is 1.36. The molecule has 1 fully saturated rings. The molecule has 1 aliphatic rings. The number of nitrogens with zero attached hydrogens (tertiary/aromatic N) is 1. The standard InChI is InChI=1S/C8H18NO.ClH/c1-9(2,5-6-10)7-8-3-4-8;/h8,10H,3-7H2,1-2H3;1H/q+1;/p-1. The van der Waals surface area contributed by atoms with Crippen molar-refractivity contribution in [2.45, 2.75) is 12.8 Å². The minimum Gasteiger partial charge on any atom is -1.00 e. The Morgan fingerprint density at radius 1 is 1.36 bits per heavy atom. The number of halogens is 1. The molecule has 11 heavy (non-hydrogen) atoms. The van der Waals surface area contributed by atoms with Crippen LogP contribution < -0.4 is 12.4 Å². The average molecular weight is 180 g/mol. The van der Waals surface area contributed by atoms with Crippen LogP contribution >= 0.6 is 0 Å². The lowest BCUT2D eigenvalue weighted by Crippen LogP contribution is -3.00. The number of quaternary nitrogens is 1. The van der Waals surface area contributed by atoms with Crippen LogP contribution in [0.1, 0.15) is 12.8 Å². The lowest BCUT2D eigenvalue weighted by atomic mass is 10.3. The second-order valence-corrected chi connectivity index (χ2v) is 4.01. The Kier molecular flexibility index (Phi) is 4.37. The van der Waals surface area contributed by atoms with Crippen molar-refractivity contribution in [3.63, 3.8) is 0 Å². The van der Waals surface area contributed by atoms with Gasteiger partial charge in [-0.05, 0) is 12.8 Å². The van der Waals surface area contributed by atoms with E-state index in [4.69, 9.17) is 5.11 Å². The smallest absolute Gasteiger partial charge is 0.102 e. The predicted octanol–water partition coefficient (Wildman–Crippen LogP) is -2.53. The number of hydrogen-bond donors (Lipinski definition) is 1. The summed E-state index contributed by atoms with van der Waals surface area (Å²) in [7, 11) is 4.38. The molecule has 0 atom stereocenters. The molecule has 0 aromatic heterocycles. The molecule has 0 aromatic carbocycles. The molecule has 1 rings (SSSR count). The molecule has 1 N–H and O–H groups in total. The van der Waals surface area contributed by atoms with Gasteiger partial charge in [0.1, 0.15) is 6.54 Å². The van der Waals surface area contributed by atoms with E-state index in [1.807, 2.05) is 0 Å². The normalized spacial score (nSPS) is 17.7. The number of hydrogen-bond acceptors (Lipinski definition) is 1. The summed E-state index contributed by atoms with van der Waals surface area (Å²) in [6, 6.07) is 0. The average Bonchev–Trinajstić information content (AvgIpc) is 2.48. The Balaban J connectivity index is 0.000001000. The van der Waals surface area contributed by atoms with Gasteiger partial charge >= 0.3 is 0 Å². The van der Waals surface area contributed by atoms with Gasteiger partial charge in [-0.3, -0.25) is 0 Å². The monoisotopic (exact) mass is 179 g/mol. The van der Waals surface area contributed by atoms with Crippen LogP contribution in [0.2, 0.25) is 0 Å². The zero-order valence-electron chi connectivity index (χ0n) is 7.39. The second-order valence-electron chi connectivity index (χ2n) is 4.01. The minimum absolute atomic E-state index is 0. The highest BCUT2D eigenvalue weighted by atomic mass is 35.5. The number of aliphatic hydroxyl groups excluding tert-OH is 1. The van der Waals surface area contributed by atoms with Crippen molar-refractivity contribution in [1.29, 1.82) is 0 Å². The van der Waals surface area contributed by atoms with Crippen LogP contribution in [-0.2, 0) is 0 Å². The van der Waals surface area contributed by atoms with Gasteiger partial charge in [0.15, 0.2) is 0 Å². The van der Waals surface area contributed by atoms with E-state index in [1.54, 1.807) is 0 Å². The van der Waals surface area contributed by atoms with Gasteiger partial charge < -0.3 is 22.0 Å². The van der Waals surface area contributed by atoms with E-state index in [1.165, 1.54) is 19.4 Å². The SMILES string of the molecule is C[N+](C)(CCO)CC1CC1.[Cl-]. The molecule has 0 saturated heterocycles. The molecule has 68 valence electrons. The van der Waals surface area contributed by atoms with Crippen molar-refractivity contribution in [2.75, 3.05) is 33.8 Å². The summed E-state index contributed by atoms with van der Waals surface area (Å²) in [6.45, 7) is 2.47. The molecule has 0 bridgehead atoms. The molecule has 0 aliphatic heterocycles. The fourth-order valence-corrected chi connectivity index (χ4v) is 1.36. The van der Waals surface area contributed by atoms with Crippen LogP contribution in [0.4, 0.5) is 0 Å². The first-order valence-corrected chi connectivity index (χ1v) is 4.07. The van der Waals surface area contributed by atoms with E-state index < -0.39 is 0 Å². The zero-order chi connectivity index (χ0) is 7.61. The molecule has 1 saturated carbocycles. The quantitative estimate of drug-likeness (QED) is 0.472. The molecule has 3 heteroatoms. The van der Waals surface area contributed by atoms with Crippen molar-refractivity contribution < 1.29 is 22.0 Å². The van der Waals surface area contributed by atoms with Crippen LogP contribution in [0.25, 0.3) is 0 Å². The van der Waals surface area contributed by atoms with Gasteiger partial charge in [-0.1, -0.05) is 0 Å². The van der Waals surface area contributed by atoms with Crippen LogP contribution in [0.15, 0.2) is 0 Å². The molecule has 0 amide bonds. The maximum absolute atomic E-state index is 8.72. The summed E-state index contributed by atoms with van der Waals surface area (Å²) >= 11 is 0. The van der Waals surface area contributed by atoms with Crippen molar-refractivity contribution in [1.82, 2.24) is 0 Å². The topological polar surface area (TPSA) is 20.2 Å². The lowest BCUT2D eigenvalue weighted by molar-refractivity contribution is -0.892. The van der Waals surface area contributed by atoms with Gasteiger partial charge in [-0.15, -0.1) is 0 Å². The molecule has 0 radical (unpaired) electrons. The van der Waals surface area contributed by atoms with E-state index in [0.29, 0.717) is 6.61 Å². The number of rotatable bonds is 4. The van der Waals surface area contributed by atoms with Gasteiger partial charge in [0.05, 0.1) is 27.2 Å². The third kappa shape index (κ3) is 4.62. The highest BCUT2D eigenvalue weighted by Gasteiger charge is 2.29. The Hall–Kier alpha value is 0.210. The number of aliphatic hydroxyl groups is 1. The molecule has 0 unspecified atom stereocenters. The first-order chi connectivity index (χ1) is 4.64. The second kappa shape index (κ2) is 4.29. The van der Waals surface area contributed by atoms with E-state index in [2.05, 4.69) is 14.1 Å². The van der Waals surface area contributed by atoms with Crippen LogP contribution in [-0.4, -0.2) is 43.4 Å². The molecule has 2 nitrogen and oxygen atoms in total. The Morgan fingerprint density at radius 2 is 1.91 bits per heavy atom. The van der Waals surface area contributed by atoms with Crippen molar-refractivity contribution in [3.8, 4) is 0 Å². The highest BCUT2D eigenvalue weighted by Crippen LogP contribution is 2.30. The third-order valence-corrected chi connectivity index (χ3v) is 2.15. The zero-order valence-corrected chi connectivity index (χ0v) is 8.14. The predicted molar refractivity (Wildman–Crippen MR) is 41.7 cm³/mol. The lowest BCUT2D eigenvalue weighted by Gasteiger charge is -2.28. The van der Waals surface area contributed by atoms with Crippen LogP contribution in [0.3, 0.4) is 0 Å². The van der Waals surface area contributed by atoms with Gasteiger partial charge in [0.2, 0.25) is 0 Å². The van der Waals surface area contributed by atoms with E-state index in [-0.39, 0.29) is 12.4 Å². The van der Waals surface area contributed by atoms with E-state index >= 15 is 0 Å². The molecular weight excluding hydrogens is 162 g/mol. The molecule has 0 aromatic rings. The van der Waals surface area contributed by atoms with Crippen molar-refractivity contribution in [2.24, 2.45) is 5.92 Å². The largest absolute Gasteiger partial charge is 1.00 e. The molecule has 0 spiro atoms. The van der Waals surface area contributed by atoms with Gasteiger partial charge in [0, 0.05) is 5.92 Å². The van der Waals surface area contributed by atoms with Crippen LogP contribution in [0.5, 0.6) is 0 Å². The Morgan fingerprint density at radius 3 is 2.27 bits per heavy atom. The summed E-state index contributed by atoms with van der Waals surface area (Å²) in [4.78, 5) is 0. The third-order valence-electron chi connectivity index (χ3n) is 2.15. The maximum Gasteiger partial charge on any atom is 0.102 e. The maximum atomic E-state index is 8.72. The first-order valence-electron chi connectivity index (χ1n) is 4.07. The summed E-state index contributed by atoms with van der Waals surface area (Å²) in [5.74, 6) is 0.960. The molecule has 0 heterocycles. The summed E-state index contributed by atoms with van der Waals surface area (Å²) < 4.78 is 0.987. The van der Waals surface area contributed by atoms with Crippen LogP contribution in [0, 0.1) is 5.92 Å². The summed E-state index contributed by atoms with van der Waals surface area (Å²) in [6.07, 6.45) is 2.82. The highest BCUT2D eigenvalue weighted by molar-refractivity contribution is 4.72. The minimum atomic E-state index is 0. The first kappa shape index (κ1) is 11.2. The van der Waals surface area contributed by atoms with Crippen molar-refractivity contribution >= 4 is 0 Å². The van der Waals surface area contributed by atoms with Crippen molar-refractivity contribution in [3.05, 3.63) is 0 Å². The fraction of sp³-hybridized carbons (Fsp3) is 1.00. The Bertz CT molecular complexity index is 113. The van der Waals surface area contributed by atoms with Gasteiger partial charge in [-0.2, -0.15) is 0 Å². The van der Waals surface area contributed by atoms with Gasteiger partial charge in [-0.25, -0.2) is 0 Å². The van der Waals surface area contributed by atoms with Gasteiger partial charge in [0.25, 0.3) is 0 Å². The van der Waals surface area contributed by atoms with E-state index in [0.717, 1.165) is 16.9 Å².